The molecule has 1 unspecified atom stereocenters. The van der Waals surface area contributed by atoms with Crippen LogP contribution in [0.5, 0.6) is 0 Å². The Labute approximate surface area is 453 Å². The fourth-order valence-electron chi connectivity index (χ4n) is 9.00. The van der Waals surface area contributed by atoms with Gasteiger partial charge in [0.1, 0.15) is 13.2 Å². The Morgan fingerprint density at radius 1 is 0.288 bits per heavy atom. The van der Waals surface area contributed by atoms with Gasteiger partial charge >= 0.3 is 17.9 Å². The van der Waals surface area contributed by atoms with Crippen LogP contribution in [0.3, 0.4) is 0 Å². The Morgan fingerprint density at radius 3 is 0.863 bits per heavy atom. The van der Waals surface area contributed by atoms with E-state index >= 15 is 0 Å². The van der Waals surface area contributed by atoms with Crippen LogP contribution in [0.25, 0.3) is 0 Å². The molecule has 0 aliphatic carbocycles. The molecule has 1 atom stereocenters. The predicted octanol–water partition coefficient (Wildman–Crippen LogP) is 21.3. The van der Waals surface area contributed by atoms with Gasteiger partial charge in [-0.15, -0.1) is 0 Å². The zero-order valence-corrected chi connectivity index (χ0v) is 48.4. The second-order valence-electron chi connectivity index (χ2n) is 20.9. The topological polar surface area (TPSA) is 78.9 Å². The molecular formula is C67H118O6. The molecule has 0 spiro atoms. The standard InChI is InChI=1S/C67H118O6/c1-4-7-10-13-16-19-22-25-28-30-32-33-35-36-39-42-45-48-51-54-57-60-66(69)72-63-64(62-71-65(68)59-56-53-50-47-44-41-38-27-24-21-18-15-12-9-6-3)73-67(70)61-58-55-52-49-46-43-40-37-34-31-29-26-23-20-17-14-11-8-5-2/h9,12,17-18,20-21,26-27,29,34,37-38,64H,4-8,10-11,13-16,19,22-25,28,30-33,35-36,39-63H2,1-3H3/b12-9-,20-17-,21-18-,29-26-,37-34-,38-27-. The molecule has 0 N–H and O–H groups in total. The lowest BCUT2D eigenvalue weighted by atomic mass is 10.0. The van der Waals surface area contributed by atoms with E-state index in [0.29, 0.717) is 19.3 Å². The molecule has 0 aromatic heterocycles. The quantitative estimate of drug-likeness (QED) is 0.0261. The maximum absolute atomic E-state index is 12.9. The number of unbranched alkanes of at least 4 members (excludes halogenated alkanes) is 34. The van der Waals surface area contributed by atoms with Crippen molar-refractivity contribution in [3.8, 4) is 0 Å². The fraction of sp³-hybridized carbons (Fsp3) is 0.776. The lowest BCUT2D eigenvalue weighted by Gasteiger charge is -2.18. The Kier molecular flexibility index (Phi) is 58.7. The predicted molar refractivity (Wildman–Crippen MR) is 316 cm³/mol. The van der Waals surface area contributed by atoms with E-state index in [1.807, 2.05) is 0 Å². The average Bonchev–Trinajstić information content (AvgIpc) is 3.39. The highest BCUT2D eigenvalue weighted by molar-refractivity contribution is 5.71. The highest BCUT2D eigenvalue weighted by Gasteiger charge is 2.19. The summed E-state index contributed by atoms with van der Waals surface area (Å²) in [6, 6.07) is 0. The molecule has 73 heavy (non-hydrogen) atoms. The lowest BCUT2D eigenvalue weighted by Crippen LogP contribution is -2.30. The Morgan fingerprint density at radius 2 is 0.534 bits per heavy atom. The molecule has 0 saturated heterocycles. The van der Waals surface area contributed by atoms with Gasteiger partial charge in [-0.05, 0) is 89.9 Å². The first-order valence-corrected chi connectivity index (χ1v) is 31.4. The van der Waals surface area contributed by atoms with Crippen LogP contribution in [-0.2, 0) is 28.6 Å². The Bertz CT molecular complexity index is 1360. The van der Waals surface area contributed by atoms with Crippen LogP contribution in [0.1, 0.15) is 316 Å². The van der Waals surface area contributed by atoms with Crippen LogP contribution in [-0.4, -0.2) is 37.2 Å². The zero-order valence-electron chi connectivity index (χ0n) is 48.4. The number of hydrogen-bond donors (Lipinski definition) is 0. The smallest absolute Gasteiger partial charge is 0.306 e. The molecule has 0 rings (SSSR count). The van der Waals surface area contributed by atoms with E-state index in [4.69, 9.17) is 14.2 Å². The SMILES string of the molecule is CC/C=C\C/C=C\C/C=C\CCCCCCCC(=O)OCC(COC(=O)CCCCCCCCCCCCCCCCCCCCCCC)OC(=O)CCCCCCCC/C=C\C/C=C\C/C=C\CCCCC. The molecule has 0 aromatic rings. The van der Waals surface area contributed by atoms with Gasteiger partial charge in [-0.1, -0.05) is 280 Å². The summed E-state index contributed by atoms with van der Waals surface area (Å²) in [5, 5.41) is 0. The van der Waals surface area contributed by atoms with Gasteiger partial charge in [0, 0.05) is 19.3 Å². The lowest BCUT2D eigenvalue weighted by molar-refractivity contribution is -0.167. The minimum Gasteiger partial charge on any atom is -0.462 e. The van der Waals surface area contributed by atoms with Crippen molar-refractivity contribution >= 4 is 17.9 Å². The largest absolute Gasteiger partial charge is 0.462 e. The normalized spacial score (nSPS) is 12.5. The number of carbonyl (C=O) groups excluding carboxylic acids is 3. The molecule has 0 bridgehead atoms. The summed E-state index contributed by atoms with van der Waals surface area (Å²) in [7, 11) is 0. The third-order valence-electron chi connectivity index (χ3n) is 13.7. The van der Waals surface area contributed by atoms with Crippen molar-refractivity contribution in [2.45, 2.75) is 322 Å². The van der Waals surface area contributed by atoms with E-state index in [2.05, 4.69) is 93.7 Å². The van der Waals surface area contributed by atoms with Crippen LogP contribution in [0.2, 0.25) is 0 Å². The van der Waals surface area contributed by atoms with Gasteiger partial charge in [0.05, 0.1) is 0 Å². The number of carbonyl (C=O) groups is 3. The van der Waals surface area contributed by atoms with E-state index in [9.17, 15) is 14.4 Å². The molecule has 0 aliphatic rings. The number of rotatable bonds is 57. The maximum Gasteiger partial charge on any atom is 0.306 e. The second kappa shape index (κ2) is 61.4. The van der Waals surface area contributed by atoms with Gasteiger partial charge in [0.2, 0.25) is 0 Å². The Balaban J connectivity index is 4.37. The summed E-state index contributed by atoms with van der Waals surface area (Å²) in [6.07, 6.45) is 79.0. The van der Waals surface area contributed by atoms with E-state index in [-0.39, 0.29) is 31.1 Å². The van der Waals surface area contributed by atoms with E-state index < -0.39 is 6.10 Å². The number of esters is 3. The highest BCUT2D eigenvalue weighted by atomic mass is 16.6. The third kappa shape index (κ3) is 59.6. The van der Waals surface area contributed by atoms with Crippen LogP contribution in [0.15, 0.2) is 72.9 Å². The average molecular weight is 1020 g/mol. The second-order valence-corrected chi connectivity index (χ2v) is 20.9. The highest BCUT2D eigenvalue weighted by Crippen LogP contribution is 2.17. The van der Waals surface area contributed by atoms with Crippen molar-refractivity contribution in [1.82, 2.24) is 0 Å². The first-order valence-electron chi connectivity index (χ1n) is 31.4. The summed E-state index contributed by atoms with van der Waals surface area (Å²) in [5.74, 6) is -0.900. The summed E-state index contributed by atoms with van der Waals surface area (Å²) in [4.78, 5) is 38.3. The van der Waals surface area contributed by atoms with Crippen LogP contribution < -0.4 is 0 Å². The van der Waals surface area contributed by atoms with Crippen molar-refractivity contribution < 1.29 is 28.6 Å². The van der Waals surface area contributed by atoms with Crippen molar-refractivity contribution in [1.29, 1.82) is 0 Å². The molecule has 0 aromatic carbocycles. The molecule has 0 radical (unpaired) electrons. The molecule has 422 valence electrons. The monoisotopic (exact) mass is 1020 g/mol. The van der Waals surface area contributed by atoms with Crippen LogP contribution in [0, 0.1) is 0 Å². The van der Waals surface area contributed by atoms with Crippen molar-refractivity contribution in [2.75, 3.05) is 13.2 Å². The van der Waals surface area contributed by atoms with Crippen LogP contribution >= 0.6 is 0 Å². The van der Waals surface area contributed by atoms with Gasteiger partial charge in [0.15, 0.2) is 6.10 Å². The van der Waals surface area contributed by atoms with Gasteiger partial charge in [-0.3, -0.25) is 14.4 Å². The van der Waals surface area contributed by atoms with Gasteiger partial charge in [-0.25, -0.2) is 0 Å². The number of hydrogen-bond acceptors (Lipinski definition) is 6. The molecule has 0 saturated carbocycles. The van der Waals surface area contributed by atoms with Gasteiger partial charge in [-0.2, -0.15) is 0 Å². The molecular weight excluding hydrogens is 901 g/mol. The summed E-state index contributed by atoms with van der Waals surface area (Å²) in [5.41, 5.74) is 0. The third-order valence-corrected chi connectivity index (χ3v) is 13.7. The van der Waals surface area contributed by atoms with E-state index in [1.165, 1.54) is 154 Å². The molecule has 0 fully saturated rings. The van der Waals surface area contributed by atoms with Gasteiger partial charge in [0.25, 0.3) is 0 Å². The number of ether oxygens (including phenoxy) is 3. The summed E-state index contributed by atoms with van der Waals surface area (Å²) >= 11 is 0. The molecule has 0 amide bonds. The van der Waals surface area contributed by atoms with Crippen molar-refractivity contribution in [2.24, 2.45) is 0 Å². The van der Waals surface area contributed by atoms with E-state index in [0.717, 1.165) is 122 Å². The fourth-order valence-corrected chi connectivity index (χ4v) is 9.00. The minimum absolute atomic E-state index is 0.0839. The molecule has 0 aliphatic heterocycles. The summed E-state index contributed by atoms with van der Waals surface area (Å²) in [6.45, 7) is 6.52. The molecule has 0 heterocycles. The molecule has 6 nitrogen and oxygen atoms in total. The van der Waals surface area contributed by atoms with E-state index in [1.54, 1.807) is 0 Å². The van der Waals surface area contributed by atoms with Crippen LogP contribution in [0.4, 0.5) is 0 Å². The maximum atomic E-state index is 12.9. The van der Waals surface area contributed by atoms with Crippen molar-refractivity contribution in [3.05, 3.63) is 72.9 Å². The minimum atomic E-state index is -0.790. The molecule has 6 heteroatoms. The number of allylic oxidation sites excluding steroid dienone is 12. The van der Waals surface area contributed by atoms with Crippen molar-refractivity contribution in [3.63, 3.8) is 0 Å². The van der Waals surface area contributed by atoms with Gasteiger partial charge < -0.3 is 14.2 Å². The zero-order chi connectivity index (χ0) is 52.9. The first kappa shape index (κ1) is 69.8. The first-order chi connectivity index (χ1) is 36.0. The summed E-state index contributed by atoms with van der Waals surface area (Å²) < 4.78 is 16.9. The Hall–Kier alpha value is -3.15.